The van der Waals surface area contributed by atoms with E-state index in [1.807, 2.05) is 0 Å². The highest BCUT2D eigenvalue weighted by molar-refractivity contribution is 7.89. The van der Waals surface area contributed by atoms with Gasteiger partial charge in [-0.2, -0.15) is 4.31 Å². The van der Waals surface area contributed by atoms with Crippen LogP contribution in [0.5, 0.6) is 5.75 Å². The number of hydrogen-bond acceptors (Lipinski definition) is 9. The van der Waals surface area contributed by atoms with Gasteiger partial charge in [0, 0.05) is 24.7 Å². The van der Waals surface area contributed by atoms with E-state index in [2.05, 4.69) is 20.7 Å². The second-order valence-corrected chi connectivity index (χ2v) is 10.4. The second-order valence-electron chi connectivity index (χ2n) is 7.48. The highest BCUT2D eigenvalue weighted by atomic mass is 32.2. The minimum absolute atomic E-state index is 0.120. The Labute approximate surface area is 189 Å². The molecule has 1 aliphatic heterocycles. The van der Waals surface area contributed by atoms with Crippen LogP contribution in [0.25, 0.3) is 0 Å². The van der Waals surface area contributed by atoms with Gasteiger partial charge < -0.3 is 14.6 Å². The number of methoxy groups -OCH3 is 1. The first-order chi connectivity index (χ1) is 15.3. The van der Waals surface area contributed by atoms with E-state index in [0.717, 1.165) is 6.42 Å². The van der Waals surface area contributed by atoms with Crippen LogP contribution in [0.2, 0.25) is 0 Å². The van der Waals surface area contributed by atoms with Gasteiger partial charge in [0.2, 0.25) is 15.0 Å². The number of sulfonamides is 1. The Morgan fingerprint density at radius 2 is 2.00 bits per heavy atom. The van der Waals surface area contributed by atoms with Crippen LogP contribution in [0.1, 0.15) is 45.0 Å². The molecule has 0 radical (unpaired) electrons. The summed E-state index contributed by atoms with van der Waals surface area (Å²) >= 11 is 1.18. The van der Waals surface area contributed by atoms with Gasteiger partial charge in [-0.15, -0.1) is 10.2 Å². The maximum Gasteiger partial charge on any atom is 0.286 e. The Kier molecular flexibility index (Phi) is 6.26. The highest BCUT2D eigenvalue weighted by Gasteiger charge is 2.36. The van der Waals surface area contributed by atoms with Gasteiger partial charge in [-0.1, -0.05) is 16.5 Å². The highest BCUT2D eigenvalue weighted by Crippen LogP contribution is 2.33. The van der Waals surface area contributed by atoms with Crippen molar-refractivity contribution in [2.75, 3.05) is 25.5 Å². The van der Waals surface area contributed by atoms with Crippen molar-refractivity contribution in [1.29, 1.82) is 0 Å². The monoisotopic (exact) mass is 477 g/mol. The van der Waals surface area contributed by atoms with Gasteiger partial charge in [-0.3, -0.25) is 4.79 Å². The Bertz CT molecular complexity index is 1200. The van der Waals surface area contributed by atoms with Gasteiger partial charge in [-0.05, 0) is 51.0 Å². The summed E-state index contributed by atoms with van der Waals surface area (Å²) in [5.74, 6) is 0.460. The van der Waals surface area contributed by atoms with Crippen LogP contribution in [-0.4, -0.2) is 54.2 Å². The quantitative estimate of drug-likeness (QED) is 0.574. The van der Waals surface area contributed by atoms with Gasteiger partial charge in [0.1, 0.15) is 21.3 Å². The minimum atomic E-state index is -3.73. The molecule has 3 aromatic rings. The molecule has 1 N–H and O–H groups in total. The van der Waals surface area contributed by atoms with Crippen LogP contribution < -0.4 is 10.1 Å². The molecule has 0 unspecified atom stereocenters. The maximum atomic E-state index is 13.1. The third-order valence-corrected chi connectivity index (χ3v) is 8.48. The van der Waals surface area contributed by atoms with Crippen LogP contribution >= 0.6 is 11.3 Å². The predicted molar refractivity (Wildman–Crippen MR) is 118 cm³/mol. The Morgan fingerprint density at radius 3 is 2.66 bits per heavy atom. The summed E-state index contributed by atoms with van der Waals surface area (Å²) in [6, 6.07) is 6.96. The Balaban J connectivity index is 1.47. The number of ether oxygens (including phenoxy) is 1. The molecule has 0 spiro atoms. The number of nitrogens with zero attached hydrogens (tertiary/aromatic N) is 4. The van der Waals surface area contributed by atoms with Gasteiger partial charge >= 0.3 is 0 Å². The normalized spacial score (nSPS) is 17.3. The van der Waals surface area contributed by atoms with Crippen molar-refractivity contribution in [1.82, 2.24) is 19.7 Å². The van der Waals surface area contributed by atoms with E-state index in [4.69, 9.17) is 9.26 Å². The molecule has 3 heterocycles. The van der Waals surface area contributed by atoms with Crippen molar-refractivity contribution in [2.45, 2.75) is 37.5 Å². The number of anilines is 1. The number of nitrogens with one attached hydrogen (secondary N) is 1. The first kappa shape index (κ1) is 22.4. The summed E-state index contributed by atoms with van der Waals surface area (Å²) in [5, 5.41) is 15.6. The number of amides is 1. The SMILES string of the molecule is COc1ccc(NC(=O)c2nnc([C@H]3CCCN(S(=O)(=O)c4c(C)noc4C)C3)s2)cc1. The first-order valence-electron chi connectivity index (χ1n) is 10.0. The maximum absolute atomic E-state index is 13.1. The molecule has 32 heavy (non-hydrogen) atoms. The molecule has 1 saturated heterocycles. The van der Waals surface area contributed by atoms with Gasteiger partial charge in [-0.25, -0.2) is 8.42 Å². The summed E-state index contributed by atoms with van der Waals surface area (Å²) in [4.78, 5) is 12.7. The number of hydrogen-bond donors (Lipinski definition) is 1. The average Bonchev–Trinajstić information content (AvgIpc) is 3.41. The van der Waals surface area contributed by atoms with Gasteiger partial charge in [0.15, 0.2) is 5.76 Å². The molecule has 1 atom stereocenters. The minimum Gasteiger partial charge on any atom is -0.497 e. The van der Waals surface area contributed by atoms with Crippen LogP contribution in [0.3, 0.4) is 0 Å². The van der Waals surface area contributed by atoms with Crippen molar-refractivity contribution < 1.29 is 22.5 Å². The number of carbonyl (C=O) groups is 1. The third kappa shape index (κ3) is 4.38. The fraction of sp³-hybridized carbons (Fsp3) is 0.400. The molecule has 0 bridgehead atoms. The van der Waals surface area contributed by atoms with E-state index < -0.39 is 10.0 Å². The molecule has 0 aliphatic carbocycles. The molecule has 1 amide bonds. The number of rotatable bonds is 6. The van der Waals surface area contributed by atoms with E-state index in [-0.39, 0.29) is 34.0 Å². The molecule has 1 fully saturated rings. The van der Waals surface area contributed by atoms with Crippen molar-refractivity contribution in [3.8, 4) is 5.75 Å². The number of benzene rings is 1. The van der Waals surface area contributed by atoms with Crippen LogP contribution in [0.15, 0.2) is 33.7 Å². The zero-order valence-electron chi connectivity index (χ0n) is 17.9. The molecule has 10 nitrogen and oxygen atoms in total. The summed E-state index contributed by atoms with van der Waals surface area (Å²) in [5.41, 5.74) is 0.958. The summed E-state index contributed by atoms with van der Waals surface area (Å²) < 4.78 is 37.9. The van der Waals surface area contributed by atoms with E-state index in [9.17, 15) is 13.2 Å². The molecule has 2 aromatic heterocycles. The molecule has 1 aliphatic rings. The lowest BCUT2D eigenvalue weighted by Gasteiger charge is -2.30. The van der Waals surface area contributed by atoms with E-state index in [1.165, 1.54) is 15.6 Å². The van der Waals surface area contributed by atoms with E-state index >= 15 is 0 Å². The molecular formula is C20H23N5O5S2. The van der Waals surface area contributed by atoms with Crippen molar-refractivity contribution >= 4 is 33.0 Å². The van der Waals surface area contributed by atoms with Crippen molar-refractivity contribution in [2.24, 2.45) is 0 Å². The van der Waals surface area contributed by atoms with Gasteiger partial charge in [0.25, 0.3) is 5.91 Å². The number of aryl methyl sites for hydroxylation is 2. The van der Waals surface area contributed by atoms with E-state index in [0.29, 0.717) is 35.1 Å². The lowest BCUT2D eigenvalue weighted by atomic mass is 10.0. The van der Waals surface area contributed by atoms with E-state index in [1.54, 1.807) is 45.2 Å². The zero-order chi connectivity index (χ0) is 22.9. The summed E-state index contributed by atoms with van der Waals surface area (Å²) in [6.45, 7) is 3.88. The number of carbonyl (C=O) groups excluding carboxylic acids is 1. The molecule has 4 rings (SSSR count). The lowest BCUT2D eigenvalue weighted by Crippen LogP contribution is -2.39. The standard InChI is InChI=1S/C20H23N5O5S2/c1-12-17(13(2)30-24-12)32(27,28)25-10-4-5-14(11-25)19-22-23-20(31-19)18(26)21-15-6-8-16(29-3)9-7-15/h6-9,14H,4-5,10-11H2,1-3H3,(H,21,26)/t14-/m0/s1. The Hall–Kier alpha value is -2.83. The van der Waals surface area contributed by atoms with Crippen LogP contribution in [0.4, 0.5) is 5.69 Å². The Morgan fingerprint density at radius 1 is 1.25 bits per heavy atom. The predicted octanol–water partition coefficient (Wildman–Crippen LogP) is 2.97. The molecule has 1 aromatic carbocycles. The number of piperidine rings is 1. The van der Waals surface area contributed by atoms with Crippen molar-refractivity contribution in [3.05, 3.63) is 45.7 Å². The third-order valence-electron chi connectivity index (χ3n) is 5.28. The summed E-state index contributed by atoms with van der Waals surface area (Å²) in [6.07, 6.45) is 1.45. The van der Waals surface area contributed by atoms with Crippen molar-refractivity contribution in [3.63, 3.8) is 0 Å². The first-order valence-corrected chi connectivity index (χ1v) is 12.3. The lowest BCUT2D eigenvalue weighted by molar-refractivity contribution is 0.102. The molecule has 0 saturated carbocycles. The second kappa shape index (κ2) is 8.96. The average molecular weight is 478 g/mol. The molecule has 12 heteroatoms. The molecule has 170 valence electrons. The largest absolute Gasteiger partial charge is 0.497 e. The zero-order valence-corrected chi connectivity index (χ0v) is 19.5. The summed E-state index contributed by atoms with van der Waals surface area (Å²) in [7, 11) is -2.16. The van der Waals surface area contributed by atoms with Gasteiger partial charge in [0.05, 0.1) is 7.11 Å². The molecular weight excluding hydrogens is 454 g/mol. The topological polar surface area (TPSA) is 128 Å². The van der Waals surface area contributed by atoms with Crippen LogP contribution in [0, 0.1) is 13.8 Å². The van der Waals surface area contributed by atoms with Crippen LogP contribution in [-0.2, 0) is 10.0 Å². The number of aromatic nitrogens is 3. The fourth-order valence-corrected chi connectivity index (χ4v) is 6.36. The fourth-order valence-electron chi connectivity index (χ4n) is 3.68. The smallest absolute Gasteiger partial charge is 0.286 e.